The Balaban J connectivity index is 1.94. The first-order valence-electron chi connectivity index (χ1n) is 12.9. The minimum Gasteiger partial charge on any atom is -0.481 e. The molecular weight excluding hydrogens is 543 g/mol. The lowest BCUT2D eigenvalue weighted by atomic mass is 9.99. The lowest BCUT2D eigenvalue weighted by Crippen LogP contribution is -2.45. The minimum absolute atomic E-state index is 0.184. The van der Waals surface area contributed by atoms with Crippen molar-refractivity contribution in [1.29, 1.82) is 0 Å². The molecule has 2 aromatic rings. The monoisotopic (exact) mass is 580 g/mol. The van der Waals surface area contributed by atoms with Gasteiger partial charge in [0.05, 0.1) is 26.6 Å². The normalized spacial score (nSPS) is 21.7. The van der Waals surface area contributed by atoms with Crippen molar-refractivity contribution in [1.82, 2.24) is 9.13 Å². The summed E-state index contributed by atoms with van der Waals surface area (Å²) in [6, 6.07) is 9.29. The van der Waals surface area contributed by atoms with Crippen molar-refractivity contribution in [2.75, 3.05) is 26.6 Å². The van der Waals surface area contributed by atoms with Crippen molar-refractivity contribution in [2.24, 2.45) is 5.92 Å². The minimum atomic E-state index is -2.52. The van der Waals surface area contributed by atoms with Crippen molar-refractivity contribution in [3.8, 4) is 0 Å². The molecule has 1 aromatic carbocycles. The number of carboxylic acids is 1. The zero-order valence-electron chi connectivity index (χ0n) is 23.3. The van der Waals surface area contributed by atoms with Crippen molar-refractivity contribution in [2.45, 2.75) is 64.6 Å². The number of carboxylic acid groups (broad SMARTS) is 1. The van der Waals surface area contributed by atoms with E-state index in [1.165, 1.54) is 17.9 Å². The van der Waals surface area contributed by atoms with E-state index in [-0.39, 0.29) is 37.4 Å². The summed E-state index contributed by atoms with van der Waals surface area (Å²) in [5.74, 6) is -2.30. The molecule has 0 radical (unpaired) electrons. The molecule has 0 spiro atoms. The van der Waals surface area contributed by atoms with Crippen molar-refractivity contribution < 1.29 is 38.2 Å². The predicted octanol–water partition coefficient (Wildman–Crippen LogP) is 2.44. The second-order valence-electron chi connectivity index (χ2n) is 10.5. The van der Waals surface area contributed by atoms with Gasteiger partial charge in [0, 0.05) is 25.0 Å². The van der Waals surface area contributed by atoms with E-state index in [9.17, 15) is 23.7 Å². The van der Waals surface area contributed by atoms with Crippen molar-refractivity contribution >= 4 is 19.1 Å². The van der Waals surface area contributed by atoms with Crippen LogP contribution < -0.4 is 11.2 Å². The van der Waals surface area contributed by atoms with Crippen LogP contribution in [-0.2, 0) is 46.4 Å². The first-order valence-corrected chi connectivity index (χ1v) is 15.7. The molecule has 1 saturated heterocycles. The van der Waals surface area contributed by atoms with Gasteiger partial charge in [0.25, 0.3) is 5.56 Å². The zero-order chi connectivity index (χ0) is 29.6. The van der Waals surface area contributed by atoms with Gasteiger partial charge >= 0.3 is 17.6 Å². The van der Waals surface area contributed by atoms with Gasteiger partial charge in [0.1, 0.15) is 18.9 Å². The van der Waals surface area contributed by atoms with Crippen LogP contribution in [0.4, 0.5) is 0 Å². The second-order valence-corrected chi connectivity index (χ2v) is 14.0. The molecule has 1 N–H and O–H groups in total. The maximum Gasteiger partial charge on any atom is 0.335 e. The number of carbonyl (C=O) groups excluding carboxylic acids is 1. The Morgan fingerprint density at radius 1 is 1.12 bits per heavy atom. The highest BCUT2D eigenvalue weighted by Gasteiger charge is 2.51. The van der Waals surface area contributed by atoms with Gasteiger partial charge in [-0.2, -0.15) is 0 Å². The SMILES string of the molecule is CO[C@@H]1[C@H](OC(=O)CCC(=O)O)[C@@H]([C@@H](C)CP(C)(C)=O)O[C@H]1n1cc(C)c(=O)n(COCc2ccccc2)c1=O. The Hall–Kier alpha value is -3.05. The third-order valence-electron chi connectivity index (χ3n) is 6.57. The maximum absolute atomic E-state index is 13.5. The number of nitrogens with zero attached hydrogens (tertiary/aromatic N) is 2. The van der Waals surface area contributed by atoms with E-state index in [1.54, 1.807) is 27.2 Å². The summed E-state index contributed by atoms with van der Waals surface area (Å²) in [6.45, 7) is 6.50. The number of esters is 1. The number of hydrogen-bond donors (Lipinski definition) is 1. The fourth-order valence-electron chi connectivity index (χ4n) is 4.83. The predicted molar refractivity (Wildman–Crippen MR) is 146 cm³/mol. The summed E-state index contributed by atoms with van der Waals surface area (Å²) in [7, 11) is -1.15. The quantitative estimate of drug-likeness (QED) is 0.276. The molecule has 0 amide bonds. The molecule has 1 fully saturated rings. The number of rotatable bonds is 13. The zero-order valence-corrected chi connectivity index (χ0v) is 24.2. The largest absolute Gasteiger partial charge is 0.481 e. The van der Waals surface area contributed by atoms with E-state index in [4.69, 9.17) is 24.1 Å². The van der Waals surface area contributed by atoms with E-state index in [2.05, 4.69) is 0 Å². The van der Waals surface area contributed by atoms with Gasteiger partial charge in [-0.25, -0.2) is 9.36 Å². The number of benzene rings is 1. The lowest BCUT2D eigenvalue weighted by molar-refractivity contribution is -0.159. The first kappa shape index (κ1) is 31.5. The number of aryl methyl sites for hydroxylation is 1. The van der Waals surface area contributed by atoms with E-state index in [0.29, 0.717) is 0 Å². The highest BCUT2D eigenvalue weighted by Crippen LogP contribution is 2.43. The fraction of sp³-hybridized carbons (Fsp3) is 0.556. The Labute approximate surface area is 232 Å². The molecule has 0 aliphatic carbocycles. The number of methoxy groups -OCH3 is 1. The summed E-state index contributed by atoms with van der Waals surface area (Å²) < 4.78 is 38.0. The Kier molecular flexibility index (Phi) is 10.7. The van der Waals surface area contributed by atoms with Crippen LogP contribution in [0.3, 0.4) is 0 Å². The van der Waals surface area contributed by atoms with Gasteiger partial charge in [-0.3, -0.25) is 19.0 Å². The molecule has 0 saturated carbocycles. The lowest BCUT2D eigenvalue weighted by Gasteiger charge is -2.27. The molecule has 220 valence electrons. The topological polar surface area (TPSA) is 152 Å². The van der Waals surface area contributed by atoms with E-state index in [0.717, 1.165) is 10.1 Å². The fourth-order valence-corrected chi connectivity index (χ4v) is 6.43. The van der Waals surface area contributed by atoms with Crippen LogP contribution in [0.25, 0.3) is 0 Å². The summed E-state index contributed by atoms with van der Waals surface area (Å²) in [5, 5.41) is 8.95. The molecule has 3 rings (SSSR count). The van der Waals surface area contributed by atoms with Crippen LogP contribution in [0.1, 0.15) is 37.1 Å². The van der Waals surface area contributed by atoms with Crippen LogP contribution in [0.5, 0.6) is 0 Å². The number of ether oxygens (including phenoxy) is 4. The Bertz CT molecular complexity index is 1350. The summed E-state index contributed by atoms with van der Waals surface area (Å²) >= 11 is 0. The van der Waals surface area contributed by atoms with E-state index < -0.39 is 61.3 Å². The molecule has 1 aliphatic heterocycles. The number of carbonyl (C=O) groups is 2. The second kappa shape index (κ2) is 13.5. The van der Waals surface area contributed by atoms with Gasteiger partial charge < -0.3 is 28.6 Å². The van der Waals surface area contributed by atoms with Gasteiger partial charge in [-0.05, 0) is 31.7 Å². The molecule has 2 heterocycles. The highest BCUT2D eigenvalue weighted by molar-refractivity contribution is 7.62. The molecule has 12 nitrogen and oxygen atoms in total. The highest BCUT2D eigenvalue weighted by atomic mass is 31.2. The molecule has 1 aliphatic rings. The summed E-state index contributed by atoms with van der Waals surface area (Å²) in [6.07, 6.45) is -3.09. The number of hydrogen-bond acceptors (Lipinski definition) is 9. The van der Waals surface area contributed by atoms with Crippen LogP contribution >= 0.6 is 7.14 Å². The van der Waals surface area contributed by atoms with Crippen molar-refractivity contribution in [3.63, 3.8) is 0 Å². The smallest absolute Gasteiger partial charge is 0.335 e. The molecule has 0 bridgehead atoms. The molecule has 40 heavy (non-hydrogen) atoms. The van der Waals surface area contributed by atoms with Gasteiger partial charge in [-0.15, -0.1) is 0 Å². The average molecular weight is 581 g/mol. The summed E-state index contributed by atoms with van der Waals surface area (Å²) in [5.41, 5.74) is -0.118. The average Bonchev–Trinajstić information content (AvgIpc) is 3.24. The van der Waals surface area contributed by atoms with Gasteiger partial charge in [-0.1, -0.05) is 37.3 Å². The Morgan fingerprint density at radius 3 is 2.40 bits per heavy atom. The number of aliphatic carboxylic acids is 1. The third-order valence-corrected chi connectivity index (χ3v) is 8.02. The molecular formula is C27H37N2O10P. The molecule has 5 atom stereocenters. The number of aromatic nitrogens is 2. The van der Waals surface area contributed by atoms with Crippen LogP contribution in [0.2, 0.25) is 0 Å². The van der Waals surface area contributed by atoms with Crippen molar-refractivity contribution in [3.05, 3.63) is 68.5 Å². The van der Waals surface area contributed by atoms with Gasteiger partial charge in [0.2, 0.25) is 0 Å². The van der Waals surface area contributed by atoms with Crippen LogP contribution in [-0.4, -0.2) is 71.1 Å². The maximum atomic E-state index is 13.5. The van der Waals surface area contributed by atoms with Crippen LogP contribution in [0.15, 0.2) is 46.1 Å². The molecule has 0 unspecified atom stereocenters. The standard InChI is InChI=1S/C27H37N2O10P/c1-17-13-28(27(34)29(25(17)33)16-37-14-19-9-7-6-8-10-19)26-24(36-3)23(38-21(32)12-11-20(30)31)22(39-26)18(2)15-40(4,5)35/h6-10,13,18,22-24,26H,11-12,14-16H2,1-5H3,(H,30,31)/t18-,22+,23+,24+,26+/m0/s1. The first-order chi connectivity index (χ1) is 18.8. The van der Waals surface area contributed by atoms with E-state index >= 15 is 0 Å². The van der Waals surface area contributed by atoms with E-state index in [1.807, 2.05) is 30.3 Å². The van der Waals surface area contributed by atoms with Gasteiger partial charge in [0.15, 0.2) is 12.3 Å². The summed E-state index contributed by atoms with van der Waals surface area (Å²) in [4.78, 5) is 49.9. The van der Waals surface area contributed by atoms with Crippen LogP contribution in [0, 0.1) is 12.8 Å². The third kappa shape index (κ3) is 8.00. The molecule has 1 aromatic heterocycles. The Morgan fingerprint density at radius 2 is 1.80 bits per heavy atom. The molecule has 13 heteroatoms.